The van der Waals surface area contributed by atoms with Crippen LogP contribution < -0.4 is 15.8 Å². The Morgan fingerprint density at radius 1 is 1.23 bits per heavy atom. The van der Waals surface area contributed by atoms with E-state index in [4.69, 9.17) is 11.6 Å². The van der Waals surface area contributed by atoms with E-state index in [0.29, 0.717) is 27.9 Å². The molecule has 1 unspecified atom stereocenters. The number of nitrogens with one attached hydrogen (secondary N) is 2. The molecule has 0 saturated carbocycles. The molecule has 4 aromatic rings. The molecule has 1 aliphatic rings. The zero-order valence-electron chi connectivity index (χ0n) is 16.4. The summed E-state index contributed by atoms with van der Waals surface area (Å²) in [6.45, 7) is 0.168. The Kier molecular flexibility index (Phi) is 4.62. The number of nitrogens with zero attached hydrogens (tertiary/aromatic N) is 4. The number of fused-ring (bicyclic) bond motifs is 2. The van der Waals surface area contributed by atoms with Gasteiger partial charge in [0.1, 0.15) is 11.6 Å². The van der Waals surface area contributed by atoms with E-state index in [1.807, 2.05) is 0 Å². The predicted octanol–water partition coefficient (Wildman–Crippen LogP) is 4.46. The van der Waals surface area contributed by atoms with Gasteiger partial charge in [-0.1, -0.05) is 11.6 Å². The van der Waals surface area contributed by atoms with E-state index in [0.717, 1.165) is 5.39 Å². The van der Waals surface area contributed by atoms with Crippen molar-refractivity contribution < 1.29 is 8.78 Å². The summed E-state index contributed by atoms with van der Waals surface area (Å²) in [4.78, 5) is 18.9. The van der Waals surface area contributed by atoms with E-state index in [9.17, 15) is 13.6 Å². The third kappa shape index (κ3) is 3.21. The molecule has 0 aliphatic carbocycles. The molecule has 2 N–H and O–H groups in total. The van der Waals surface area contributed by atoms with Crippen molar-refractivity contribution in [2.45, 2.75) is 19.3 Å². The van der Waals surface area contributed by atoms with Gasteiger partial charge >= 0.3 is 0 Å². The summed E-state index contributed by atoms with van der Waals surface area (Å²) in [5.74, 6) is -0.190. The second-order valence-corrected chi connectivity index (χ2v) is 7.76. The van der Waals surface area contributed by atoms with E-state index >= 15 is 0 Å². The van der Waals surface area contributed by atoms with Crippen LogP contribution in [0, 0.1) is 5.82 Å². The van der Waals surface area contributed by atoms with E-state index in [2.05, 4.69) is 20.5 Å². The van der Waals surface area contributed by atoms with Gasteiger partial charge in [-0.05, 0) is 30.3 Å². The molecular formula is C21H17ClF2N6O. The maximum absolute atomic E-state index is 14.6. The van der Waals surface area contributed by atoms with Gasteiger partial charge in [-0.25, -0.2) is 13.8 Å². The highest BCUT2D eigenvalue weighted by atomic mass is 35.5. The van der Waals surface area contributed by atoms with Crippen molar-refractivity contribution in [3.8, 4) is 11.1 Å². The first-order chi connectivity index (χ1) is 14.9. The number of pyridine rings is 2. The summed E-state index contributed by atoms with van der Waals surface area (Å²) >= 11 is 6.06. The number of aromatic amines is 1. The van der Waals surface area contributed by atoms with Gasteiger partial charge < -0.3 is 10.2 Å². The normalized spacial score (nSPS) is 15.9. The van der Waals surface area contributed by atoms with Crippen molar-refractivity contribution >= 4 is 39.8 Å². The van der Waals surface area contributed by atoms with Crippen LogP contribution in [0.1, 0.15) is 6.42 Å². The summed E-state index contributed by atoms with van der Waals surface area (Å²) < 4.78 is 30.6. The van der Waals surface area contributed by atoms with Gasteiger partial charge in [-0.15, -0.1) is 0 Å². The lowest BCUT2D eigenvalue weighted by molar-refractivity contribution is 0.274. The number of H-pyrrole nitrogens is 1. The summed E-state index contributed by atoms with van der Waals surface area (Å²) in [5.41, 5.74) is 1.49. The highest BCUT2D eigenvalue weighted by molar-refractivity contribution is 6.30. The molecule has 0 bridgehead atoms. The smallest absolute Gasteiger partial charge is 0.260 e. The summed E-state index contributed by atoms with van der Waals surface area (Å²) in [6.07, 6.45) is 2.11. The van der Waals surface area contributed by atoms with E-state index in [1.54, 1.807) is 25.5 Å². The minimum Gasteiger partial charge on any atom is -0.352 e. The van der Waals surface area contributed by atoms with Crippen LogP contribution in [0.25, 0.3) is 22.2 Å². The van der Waals surface area contributed by atoms with E-state index in [1.165, 1.54) is 33.7 Å². The fourth-order valence-corrected chi connectivity index (χ4v) is 4.07. The molecule has 1 aliphatic heterocycles. The molecular weight excluding hydrogens is 426 g/mol. The lowest BCUT2D eigenvalue weighted by Crippen LogP contribution is -2.41. The minimum absolute atomic E-state index is 0.0871. The zero-order valence-corrected chi connectivity index (χ0v) is 17.1. The highest BCUT2D eigenvalue weighted by Crippen LogP contribution is 2.37. The molecule has 0 fully saturated rings. The summed E-state index contributed by atoms with van der Waals surface area (Å²) in [7, 11) is 1.58. The van der Waals surface area contributed by atoms with Crippen molar-refractivity contribution in [3.63, 3.8) is 0 Å². The Morgan fingerprint density at radius 3 is 2.90 bits per heavy atom. The first kappa shape index (κ1) is 19.5. The van der Waals surface area contributed by atoms with Gasteiger partial charge in [0.05, 0.1) is 28.5 Å². The molecule has 3 aromatic heterocycles. The molecule has 4 heterocycles. The Bertz CT molecular complexity index is 1370. The lowest BCUT2D eigenvalue weighted by atomic mass is 10.0. The van der Waals surface area contributed by atoms with Crippen LogP contribution in [-0.2, 0) is 6.54 Å². The van der Waals surface area contributed by atoms with Crippen molar-refractivity contribution in [1.29, 1.82) is 0 Å². The number of hydrogen-bond acceptors (Lipinski definition) is 5. The maximum Gasteiger partial charge on any atom is 0.260 e. The topological polar surface area (TPSA) is 78.8 Å². The van der Waals surface area contributed by atoms with Crippen LogP contribution in [0.4, 0.5) is 26.0 Å². The molecule has 0 radical (unpaired) electrons. The first-order valence-corrected chi connectivity index (χ1v) is 9.97. The molecule has 10 heteroatoms. The van der Waals surface area contributed by atoms with Gasteiger partial charge in [-0.2, -0.15) is 5.10 Å². The molecule has 0 spiro atoms. The SMILES string of the molecule is CN1c2c(Nc3ccnc4[nH]ncc34)cc(-c3cc(Cl)ccc3F)c(=O)n2CCC1F. The lowest BCUT2D eigenvalue weighted by Gasteiger charge is -2.34. The van der Waals surface area contributed by atoms with Crippen molar-refractivity contribution in [2.24, 2.45) is 0 Å². The Labute approximate surface area is 180 Å². The average Bonchev–Trinajstić information content (AvgIpc) is 3.24. The quantitative estimate of drug-likeness (QED) is 0.458. The predicted molar refractivity (Wildman–Crippen MR) is 116 cm³/mol. The van der Waals surface area contributed by atoms with E-state index < -0.39 is 17.7 Å². The average molecular weight is 443 g/mol. The number of hydrogen-bond donors (Lipinski definition) is 2. The van der Waals surface area contributed by atoms with Gasteiger partial charge in [-0.3, -0.25) is 14.5 Å². The fraction of sp³-hybridized carbons (Fsp3) is 0.190. The molecule has 31 heavy (non-hydrogen) atoms. The molecule has 1 aromatic carbocycles. The van der Waals surface area contributed by atoms with Crippen LogP contribution >= 0.6 is 11.6 Å². The first-order valence-electron chi connectivity index (χ1n) is 9.59. The summed E-state index contributed by atoms with van der Waals surface area (Å²) in [5, 5.41) is 11.1. The maximum atomic E-state index is 14.6. The summed E-state index contributed by atoms with van der Waals surface area (Å²) in [6, 6.07) is 7.33. The number of benzene rings is 1. The standard InChI is InChI=1S/C21H17ClF2N6O/c1-29-18(24)5-7-30-20(29)17(27-16-4-6-25-19-14(16)10-26-28-19)9-13(21(30)31)12-8-11(22)2-3-15(12)23/h2-4,6,8-10,18H,5,7H2,1H3,(H2,25,26,27,28). The van der Waals surface area contributed by atoms with Crippen molar-refractivity contribution in [3.05, 3.63) is 63.9 Å². The van der Waals surface area contributed by atoms with Crippen LogP contribution in [0.2, 0.25) is 5.02 Å². The van der Waals surface area contributed by atoms with Crippen LogP contribution in [0.15, 0.2) is 47.5 Å². The number of anilines is 3. The van der Waals surface area contributed by atoms with Crippen LogP contribution in [0.5, 0.6) is 0 Å². The van der Waals surface area contributed by atoms with E-state index in [-0.39, 0.29) is 24.1 Å². The zero-order chi connectivity index (χ0) is 21.7. The van der Waals surface area contributed by atoms with Crippen molar-refractivity contribution in [2.75, 3.05) is 17.3 Å². The minimum atomic E-state index is -1.25. The monoisotopic (exact) mass is 442 g/mol. The molecule has 5 rings (SSSR count). The Morgan fingerprint density at radius 2 is 2.06 bits per heavy atom. The second-order valence-electron chi connectivity index (χ2n) is 7.33. The number of alkyl halides is 1. The van der Waals surface area contributed by atoms with Gasteiger partial charge in [0, 0.05) is 36.8 Å². The third-order valence-electron chi connectivity index (χ3n) is 5.45. The molecule has 158 valence electrons. The number of rotatable bonds is 3. The molecule has 1 atom stereocenters. The number of halogens is 3. The fourth-order valence-electron chi connectivity index (χ4n) is 3.90. The molecule has 7 nitrogen and oxygen atoms in total. The van der Waals surface area contributed by atoms with Gasteiger partial charge in [0.15, 0.2) is 11.9 Å². The van der Waals surface area contributed by atoms with Crippen LogP contribution in [-0.4, -0.2) is 33.1 Å². The third-order valence-corrected chi connectivity index (χ3v) is 5.68. The van der Waals surface area contributed by atoms with Gasteiger partial charge in [0.25, 0.3) is 5.56 Å². The van der Waals surface area contributed by atoms with Gasteiger partial charge in [0.2, 0.25) is 0 Å². The molecule has 0 amide bonds. The number of aromatic nitrogens is 4. The Balaban J connectivity index is 1.75. The molecule has 0 saturated heterocycles. The largest absolute Gasteiger partial charge is 0.352 e. The highest BCUT2D eigenvalue weighted by Gasteiger charge is 2.29. The second kappa shape index (κ2) is 7.35. The van der Waals surface area contributed by atoms with Crippen molar-refractivity contribution in [1.82, 2.24) is 19.7 Å². The Hall–Kier alpha value is -3.46. The van der Waals surface area contributed by atoms with Crippen LogP contribution in [0.3, 0.4) is 0 Å².